The van der Waals surface area contributed by atoms with E-state index in [9.17, 15) is 24.5 Å². The highest BCUT2D eigenvalue weighted by Crippen LogP contribution is 2.20. The summed E-state index contributed by atoms with van der Waals surface area (Å²) >= 11 is 0. The first-order valence-corrected chi connectivity index (χ1v) is 10.8. The molecule has 11 nitrogen and oxygen atoms in total. The molecule has 178 valence electrons. The fraction of sp³-hybridized carbons (Fsp3) is 0.261. The van der Waals surface area contributed by atoms with E-state index in [2.05, 4.69) is 10.3 Å². The minimum absolute atomic E-state index is 0.102. The number of nitrogens with zero attached hydrogens (tertiary/aromatic N) is 3. The third-order valence-corrected chi connectivity index (χ3v) is 5.20. The van der Waals surface area contributed by atoms with Crippen LogP contribution in [0.1, 0.15) is 25.3 Å². The summed E-state index contributed by atoms with van der Waals surface area (Å²) in [6.45, 7) is 2.04. The zero-order chi connectivity index (χ0) is 24.7. The predicted molar refractivity (Wildman–Crippen MR) is 130 cm³/mol. The van der Waals surface area contributed by atoms with Crippen molar-refractivity contribution in [2.75, 3.05) is 29.0 Å². The Balaban J connectivity index is 1.92. The molecule has 1 amide bonds. The van der Waals surface area contributed by atoms with Crippen molar-refractivity contribution in [2.45, 2.75) is 26.3 Å². The lowest BCUT2D eigenvalue weighted by Crippen LogP contribution is -2.43. The summed E-state index contributed by atoms with van der Waals surface area (Å²) in [6.07, 6.45) is 1.35. The van der Waals surface area contributed by atoms with Crippen molar-refractivity contribution >= 4 is 28.8 Å². The van der Waals surface area contributed by atoms with E-state index in [1.165, 1.54) is 27.7 Å². The summed E-state index contributed by atoms with van der Waals surface area (Å²) in [5.74, 6) is -0.584. The van der Waals surface area contributed by atoms with Gasteiger partial charge in [-0.3, -0.25) is 29.3 Å². The molecule has 0 aliphatic carbocycles. The maximum absolute atomic E-state index is 13.1. The maximum Gasteiger partial charge on any atom is 0.330 e. The first-order valence-electron chi connectivity index (χ1n) is 10.8. The fourth-order valence-electron chi connectivity index (χ4n) is 3.44. The van der Waals surface area contributed by atoms with Gasteiger partial charge in [0.1, 0.15) is 5.82 Å². The van der Waals surface area contributed by atoms with Crippen LogP contribution in [0.4, 0.5) is 22.9 Å². The highest BCUT2D eigenvalue weighted by molar-refractivity contribution is 5.98. The molecule has 0 unspecified atom stereocenters. The SMILES string of the molecule is CCCCN(C(=O)CNc1cccc([N+](=O)[O-])c1)c1c(N)n(Cc2ccccc2)c(=O)[nH]c1=O. The van der Waals surface area contributed by atoms with Crippen LogP contribution in [0, 0.1) is 10.1 Å². The Bertz CT molecular complexity index is 1280. The number of nitro groups is 1. The molecule has 1 heterocycles. The summed E-state index contributed by atoms with van der Waals surface area (Å²) in [5.41, 5.74) is 5.79. The number of nitrogen functional groups attached to an aromatic ring is 1. The Morgan fingerprint density at radius 1 is 1.18 bits per heavy atom. The van der Waals surface area contributed by atoms with Gasteiger partial charge in [0.15, 0.2) is 5.69 Å². The lowest BCUT2D eigenvalue weighted by atomic mass is 10.2. The number of rotatable bonds is 10. The number of hydrogen-bond donors (Lipinski definition) is 3. The van der Waals surface area contributed by atoms with Gasteiger partial charge in [-0.1, -0.05) is 49.7 Å². The minimum Gasteiger partial charge on any atom is -0.383 e. The van der Waals surface area contributed by atoms with E-state index < -0.39 is 22.1 Å². The number of aromatic amines is 1. The quantitative estimate of drug-likeness (QED) is 0.306. The number of nitro benzene ring substituents is 1. The summed E-state index contributed by atoms with van der Waals surface area (Å²) in [5, 5.41) is 13.8. The number of anilines is 3. The molecule has 0 radical (unpaired) electrons. The molecule has 0 aliphatic heterocycles. The molecule has 4 N–H and O–H groups in total. The molecule has 3 rings (SSSR count). The highest BCUT2D eigenvalue weighted by Gasteiger charge is 2.24. The molecule has 0 aliphatic rings. The monoisotopic (exact) mass is 466 g/mol. The standard InChI is InChI=1S/C23H26N6O5/c1-2-3-12-27(19(30)14-25-17-10-7-11-18(13-17)29(33)34)20-21(24)28(23(32)26-22(20)31)15-16-8-5-4-6-9-16/h4-11,13,25H,2-3,12,14-15,24H2,1H3,(H,26,31,32). The normalized spacial score (nSPS) is 10.6. The van der Waals surface area contributed by atoms with Gasteiger partial charge in [0.05, 0.1) is 18.0 Å². The number of benzene rings is 2. The molecule has 0 bridgehead atoms. The average molecular weight is 466 g/mol. The predicted octanol–water partition coefficient (Wildman–Crippen LogP) is 2.32. The summed E-state index contributed by atoms with van der Waals surface area (Å²) in [4.78, 5) is 52.3. The molecule has 2 aromatic carbocycles. The van der Waals surface area contributed by atoms with Gasteiger partial charge in [-0.05, 0) is 18.1 Å². The number of amides is 1. The second-order valence-corrected chi connectivity index (χ2v) is 7.62. The van der Waals surface area contributed by atoms with Crippen LogP contribution in [0.25, 0.3) is 0 Å². The van der Waals surface area contributed by atoms with Crippen molar-refractivity contribution in [3.8, 4) is 0 Å². The van der Waals surface area contributed by atoms with E-state index in [1.807, 2.05) is 37.3 Å². The van der Waals surface area contributed by atoms with E-state index in [0.29, 0.717) is 12.1 Å². The Morgan fingerprint density at radius 2 is 1.91 bits per heavy atom. The molecule has 34 heavy (non-hydrogen) atoms. The number of carbonyl (C=O) groups is 1. The number of aromatic nitrogens is 2. The lowest BCUT2D eigenvalue weighted by molar-refractivity contribution is -0.384. The van der Waals surface area contributed by atoms with Gasteiger partial charge < -0.3 is 16.0 Å². The largest absolute Gasteiger partial charge is 0.383 e. The number of hydrogen-bond acceptors (Lipinski definition) is 7. The molecule has 11 heteroatoms. The van der Waals surface area contributed by atoms with Crippen molar-refractivity contribution in [3.05, 3.63) is 91.1 Å². The molecule has 0 spiro atoms. The molecule has 0 atom stereocenters. The minimum atomic E-state index is -0.758. The van der Waals surface area contributed by atoms with Gasteiger partial charge in [-0.15, -0.1) is 0 Å². The topological polar surface area (TPSA) is 156 Å². The van der Waals surface area contributed by atoms with Gasteiger partial charge in [0.25, 0.3) is 11.2 Å². The van der Waals surface area contributed by atoms with Crippen molar-refractivity contribution in [1.29, 1.82) is 0 Å². The highest BCUT2D eigenvalue weighted by atomic mass is 16.6. The summed E-state index contributed by atoms with van der Waals surface area (Å²) < 4.78 is 1.21. The zero-order valence-corrected chi connectivity index (χ0v) is 18.7. The molecule has 1 aromatic heterocycles. The van der Waals surface area contributed by atoms with Gasteiger partial charge in [0, 0.05) is 24.4 Å². The van der Waals surface area contributed by atoms with Crippen molar-refractivity contribution < 1.29 is 9.72 Å². The number of carbonyl (C=O) groups excluding carboxylic acids is 1. The second-order valence-electron chi connectivity index (χ2n) is 7.62. The van der Waals surface area contributed by atoms with E-state index in [1.54, 1.807) is 6.07 Å². The number of H-pyrrole nitrogens is 1. The van der Waals surface area contributed by atoms with E-state index in [4.69, 9.17) is 5.73 Å². The van der Waals surface area contributed by atoms with E-state index >= 15 is 0 Å². The average Bonchev–Trinajstić information content (AvgIpc) is 2.83. The van der Waals surface area contributed by atoms with Crippen LogP contribution >= 0.6 is 0 Å². The van der Waals surface area contributed by atoms with Crippen LogP contribution < -0.4 is 27.2 Å². The zero-order valence-electron chi connectivity index (χ0n) is 18.7. The second kappa shape index (κ2) is 10.9. The third-order valence-electron chi connectivity index (χ3n) is 5.20. The van der Waals surface area contributed by atoms with Crippen molar-refractivity contribution in [3.63, 3.8) is 0 Å². The Labute approximate surface area is 195 Å². The Hall–Kier alpha value is -4.41. The fourth-order valence-corrected chi connectivity index (χ4v) is 3.44. The van der Waals surface area contributed by atoms with Gasteiger partial charge >= 0.3 is 5.69 Å². The molecular weight excluding hydrogens is 440 g/mol. The first kappa shape index (κ1) is 24.2. The van der Waals surface area contributed by atoms with Crippen LogP contribution in [0.5, 0.6) is 0 Å². The maximum atomic E-state index is 13.1. The molecule has 0 fully saturated rings. The van der Waals surface area contributed by atoms with Crippen LogP contribution in [0.3, 0.4) is 0 Å². The van der Waals surface area contributed by atoms with Crippen molar-refractivity contribution in [2.24, 2.45) is 0 Å². The Morgan fingerprint density at radius 3 is 2.59 bits per heavy atom. The first-order chi connectivity index (χ1) is 16.3. The number of unbranched alkanes of at least 4 members (excludes halogenated alkanes) is 1. The summed E-state index contributed by atoms with van der Waals surface area (Å²) in [6, 6.07) is 14.9. The number of nitrogens with two attached hydrogens (primary N) is 1. The van der Waals surface area contributed by atoms with Gasteiger partial charge in [-0.25, -0.2) is 4.79 Å². The third kappa shape index (κ3) is 5.68. The van der Waals surface area contributed by atoms with Crippen LogP contribution in [-0.2, 0) is 11.3 Å². The van der Waals surface area contributed by atoms with Gasteiger partial charge in [0.2, 0.25) is 5.91 Å². The molecule has 3 aromatic rings. The van der Waals surface area contributed by atoms with Crippen LogP contribution in [-0.4, -0.2) is 33.5 Å². The summed E-state index contributed by atoms with van der Waals surface area (Å²) in [7, 11) is 0. The molecule has 0 saturated heterocycles. The lowest BCUT2D eigenvalue weighted by Gasteiger charge is -2.25. The van der Waals surface area contributed by atoms with E-state index in [0.717, 1.165) is 12.0 Å². The van der Waals surface area contributed by atoms with Crippen LogP contribution in [0.2, 0.25) is 0 Å². The number of non-ortho nitro benzene ring substituents is 1. The molecule has 0 saturated carbocycles. The van der Waals surface area contributed by atoms with Gasteiger partial charge in [-0.2, -0.15) is 0 Å². The van der Waals surface area contributed by atoms with Crippen LogP contribution in [0.15, 0.2) is 64.2 Å². The number of nitrogens with one attached hydrogen (secondary N) is 2. The molecular formula is C23H26N6O5. The van der Waals surface area contributed by atoms with Crippen molar-refractivity contribution in [1.82, 2.24) is 9.55 Å². The smallest absolute Gasteiger partial charge is 0.330 e. The Kier molecular flexibility index (Phi) is 7.80. The van der Waals surface area contributed by atoms with E-state index in [-0.39, 0.29) is 36.8 Å².